The number of hydrogen-bond acceptors (Lipinski definition) is 6. The highest BCUT2D eigenvalue weighted by Crippen LogP contribution is 2.39. The van der Waals surface area contributed by atoms with Crippen LogP contribution in [0.25, 0.3) is 11.1 Å². The predicted octanol–water partition coefficient (Wildman–Crippen LogP) is 4.78. The van der Waals surface area contributed by atoms with Crippen molar-refractivity contribution in [1.82, 2.24) is 10.4 Å². The van der Waals surface area contributed by atoms with E-state index in [1.54, 1.807) is 29.7 Å². The van der Waals surface area contributed by atoms with E-state index >= 15 is 0 Å². The van der Waals surface area contributed by atoms with Crippen LogP contribution in [0, 0.1) is 5.82 Å². The number of likely N-dealkylation sites (tertiary alicyclic amines) is 1. The van der Waals surface area contributed by atoms with E-state index in [9.17, 15) is 22.8 Å². The molecule has 2 aliphatic rings. The van der Waals surface area contributed by atoms with Gasteiger partial charge in [0.05, 0.1) is 11.5 Å². The highest BCUT2D eigenvalue weighted by molar-refractivity contribution is 7.93. The van der Waals surface area contributed by atoms with Crippen LogP contribution in [0.4, 0.5) is 4.39 Å². The lowest BCUT2D eigenvalue weighted by molar-refractivity contribution is -0.133. The summed E-state index contributed by atoms with van der Waals surface area (Å²) in [6.45, 7) is 1.46. The molecule has 0 bridgehead atoms. The number of halogens is 1. The van der Waals surface area contributed by atoms with E-state index in [2.05, 4.69) is 11.0 Å². The zero-order valence-electron chi connectivity index (χ0n) is 21.7. The van der Waals surface area contributed by atoms with Crippen LogP contribution in [0.2, 0.25) is 0 Å². The van der Waals surface area contributed by atoms with Crippen LogP contribution in [-0.2, 0) is 21.1 Å². The quantitative estimate of drug-likeness (QED) is 0.214. The minimum Gasteiger partial charge on any atom is -0.494 e. The Bertz CT molecular complexity index is 1400. The molecular weight excluding hydrogens is 519 g/mol. The van der Waals surface area contributed by atoms with E-state index in [4.69, 9.17) is 4.74 Å². The molecule has 3 aromatic rings. The van der Waals surface area contributed by atoms with Gasteiger partial charge in [-0.25, -0.2) is 18.3 Å². The van der Waals surface area contributed by atoms with Gasteiger partial charge in [-0.1, -0.05) is 36.4 Å². The van der Waals surface area contributed by atoms with Crippen LogP contribution >= 0.6 is 0 Å². The zero-order valence-corrected chi connectivity index (χ0v) is 22.5. The summed E-state index contributed by atoms with van der Waals surface area (Å²) in [5.41, 5.74) is 4.73. The minimum absolute atomic E-state index is 0.0379. The van der Waals surface area contributed by atoms with Gasteiger partial charge in [0.15, 0.2) is 14.6 Å². The molecule has 1 amide bonds. The Labute approximate surface area is 228 Å². The van der Waals surface area contributed by atoms with Crippen LogP contribution in [0.3, 0.4) is 0 Å². The van der Waals surface area contributed by atoms with E-state index in [1.165, 1.54) is 24.3 Å². The largest absolute Gasteiger partial charge is 0.494 e. The monoisotopic (exact) mass is 552 g/mol. The number of carbonyl (C=O) groups excluding carboxylic acids is 1. The van der Waals surface area contributed by atoms with Crippen molar-refractivity contribution < 1.29 is 27.5 Å². The van der Waals surface area contributed by atoms with Crippen molar-refractivity contribution >= 4 is 15.7 Å². The first-order valence-electron chi connectivity index (χ1n) is 13.3. The number of ether oxygens (including phenoxy) is 1. The summed E-state index contributed by atoms with van der Waals surface area (Å²) in [6.07, 6.45) is 4.03. The maximum atomic E-state index is 13.6. The van der Waals surface area contributed by atoms with Crippen LogP contribution in [0.15, 0.2) is 77.7 Å². The second kappa shape index (κ2) is 11.5. The minimum atomic E-state index is -4.05. The Hall–Kier alpha value is -3.27. The molecule has 206 valence electrons. The molecule has 1 aliphatic heterocycles. The Morgan fingerprint density at radius 3 is 2.33 bits per heavy atom. The molecule has 0 aromatic heterocycles. The molecule has 0 unspecified atom stereocenters. The maximum Gasteiger partial charge on any atom is 0.265 e. The summed E-state index contributed by atoms with van der Waals surface area (Å²) < 4.78 is 44.6. The SMILES string of the molecule is O=C(NO)C1(S(=O)(=O)c2ccc(OCCCc3cccc(-c4ccc(F)cc4)c3)cc2)CCN(C2CC2)CC1. The highest BCUT2D eigenvalue weighted by atomic mass is 32.2. The van der Waals surface area contributed by atoms with Gasteiger partial charge in [-0.05, 0) is 91.6 Å². The van der Waals surface area contributed by atoms with Gasteiger partial charge in [-0.3, -0.25) is 10.0 Å². The van der Waals surface area contributed by atoms with Crippen molar-refractivity contribution in [3.05, 3.63) is 84.2 Å². The Balaban J connectivity index is 1.18. The molecule has 1 saturated carbocycles. The van der Waals surface area contributed by atoms with Crippen molar-refractivity contribution in [1.29, 1.82) is 0 Å². The van der Waals surface area contributed by atoms with Crippen molar-refractivity contribution in [3.8, 4) is 16.9 Å². The molecule has 0 atom stereocenters. The number of nitrogens with one attached hydrogen (secondary N) is 1. The second-order valence-electron chi connectivity index (χ2n) is 10.3. The molecule has 1 heterocycles. The molecule has 1 aliphatic carbocycles. The van der Waals surface area contributed by atoms with Crippen molar-refractivity contribution in [3.63, 3.8) is 0 Å². The molecule has 9 heteroatoms. The van der Waals surface area contributed by atoms with Gasteiger partial charge in [-0.2, -0.15) is 0 Å². The summed E-state index contributed by atoms with van der Waals surface area (Å²) in [7, 11) is -4.05. The summed E-state index contributed by atoms with van der Waals surface area (Å²) in [4.78, 5) is 14.9. The van der Waals surface area contributed by atoms with Gasteiger partial charge < -0.3 is 9.64 Å². The molecule has 7 nitrogen and oxygen atoms in total. The fourth-order valence-corrected chi connectivity index (χ4v) is 7.32. The van der Waals surface area contributed by atoms with Crippen LogP contribution in [0.1, 0.15) is 37.7 Å². The van der Waals surface area contributed by atoms with Gasteiger partial charge in [0, 0.05) is 19.1 Å². The molecule has 2 fully saturated rings. The fourth-order valence-electron chi connectivity index (χ4n) is 5.37. The predicted molar refractivity (Wildman–Crippen MR) is 146 cm³/mol. The second-order valence-corrected chi connectivity index (χ2v) is 12.6. The summed E-state index contributed by atoms with van der Waals surface area (Å²) in [5.74, 6) is -0.595. The number of sulfone groups is 1. The van der Waals surface area contributed by atoms with Crippen LogP contribution < -0.4 is 10.2 Å². The molecule has 2 N–H and O–H groups in total. The molecule has 0 spiro atoms. The van der Waals surface area contributed by atoms with Crippen LogP contribution in [0.5, 0.6) is 5.75 Å². The number of aryl methyl sites for hydroxylation is 1. The van der Waals surface area contributed by atoms with Crippen molar-refractivity contribution in [2.24, 2.45) is 0 Å². The van der Waals surface area contributed by atoms with Gasteiger partial charge in [0.2, 0.25) is 0 Å². The number of benzene rings is 3. The lowest BCUT2D eigenvalue weighted by Crippen LogP contribution is -2.58. The van der Waals surface area contributed by atoms with E-state index in [-0.39, 0.29) is 23.6 Å². The maximum absolute atomic E-state index is 13.6. The number of nitrogens with zero attached hydrogens (tertiary/aromatic N) is 1. The third-order valence-corrected chi connectivity index (χ3v) is 10.3. The fraction of sp³-hybridized carbons (Fsp3) is 0.367. The van der Waals surface area contributed by atoms with Crippen LogP contribution in [-0.4, -0.2) is 54.9 Å². The van der Waals surface area contributed by atoms with E-state index < -0.39 is 20.5 Å². The Kier molecular flexibility index (Phi) is 8.02. The third-order valence-electron chi connectivity index (χ3n) is 7.82. The number of hydrogen-bond donors (Lipinski definition) is 2. The molecule has 3 aromatic carbocycles. The van der Waals surface area contributed by atoms with E-state index in [0.29, 0.717) is 31.5 Å². The Morgan fingerprint density at radius 1 is 1.00 bits per heavy atom. The third kappa shape index (κ3) is 5.85. The zero-order chi connectivity index (χ0) is 27.5. The normalized spacial score (nSPS) is 17.5. The smallest absolute Gasteiger partial charge is 0.265 e. The van der Waals surface area contributed by atoms with Crippen molar-refractivity contribution in [2.75, 3.05) is 19.7 Å². The standard InChI is InChI=1S/C30H33FN2O5S/c31-25-8-6-23(7-9-25)24-5-1-3-22(21-24)4-2-20-38-27-12-14-28(15-13-27)39(36,37)30(29(34)32-35)16-18-33(19-17-30)26-10-11-26/h1,3,5-9,12-15,21,26,35H,2,4,10-11,16-20H2,(H,32,34). The number of carbonyl (C=O) groups is 1. The summed E-state index contributed by atoms with van der Waals surface area (Å²) >= 11 is 0. The average molecular weight is 553 g/mol. The molecular formula is C30H33FN2O5S. The molecule has 39 heavy (non-hydrogen) atoms. The first-order valence-corrected chi connectivity index (χ1v) is 14.8. The van der Waals surface area contributed by atoms with Gasteiger partial charge >= 0.3 is 0 Å². The highest BCUT2D eigenvalue weighted by Gasteiger charge is 2.53. The lowest BCUT2D eigenvalue weighted by Gasteiger charge is -2.39. The van der Waals surface area contributed by atoms with E-state index in [0.717, 1.165) is 42.4 Å². The summed E-state index contributed by atoms with van der Waals surface area (Å²) in [6, 6.07) is 21.1. The topological polar surface area (TPSA) is 95.9 Å². The summed E-state index contributed by atoms with van der Waals surface area (Å²) in [5, 5.41) is 9.37. The average Bonchev–Trinajstić information content (AvgIpc) is 3.81. The first kappa shape index (κ1) is 27.3. The molecule has 0 radical (unpaired) electrons. The molecule has 5 rings (SSSR count). The molecule has 1 saturated heterocycles. The number of amides is 1. The van der Waals surface area contributed by atoms with E-state index in [1.807, 2.05) is 18.2 Å². The first-order chi connectivity index (χ1) is 18.8. The number of rotatable bonds is 10. The number of hydroxylamine groups is 1. The van der Waals surface area contributed by atoms with Gasteiger partial charge in [0.25, 0.3) is 5.91 Å². The van der Waals surface area contributed by atoms with Gasteiger partial charge in [0.1, 0.15) is 11.6 Å². The van der Waals surface area contributed by atoms with Crippen molar-refractivity contribution in [2.45, 2.75) is 54.2 Å². The van der Waals surface area contributed by atoms with Gasteiger partial charge in [-0.15, -0.1) is 0 Å². The number of piperidine rings is 1. The lowest BCUT2D eigenvalue weighted by atomic mass is 9.94. The Morgan fingerprint density at radius 2 is 1.69 bits per heavy atom.